The Morgan fingerprint density at radius 2 is 1.97 bits per heavy atom. The van der Waals surface area contributed by atoms with Crippen molar-refractivity contribution in [3.05, 3.63) is 83.5 Å². The van der Waals surface area contributed by atoms with Crippen LogP contribution in [0.15, 0.2) is 67.1 Å². The van der Waals surface area contributed by atoms with Crippen molar-refractivity contribution in [3.63, 3.8) is 0 Å². The predicted molar refractivity (Wildman–Crippen MR) is 115 cm³/mol. The molecule has 2 aromatic carbocycles. The number of pyridine rings is 2. The first-order valence-corrected chi connectivity index (χ1v) is 9.33. The SMILES string of the molecule is COc1cc(NCc2cccnc2)cc2c(Nc3ccc(F)c(Cl)c3)ccnc12. The van der Waals surface area contributed by atoms with Crippen molar-refractivity contribution in [2.24, 2.45) is 0 Å². The maximum Gasteiger partial charge on any atom is 0.147 e. The van der Waals surface area contributed by atoms with Crippen molar-refractivity contribution in [2.45, 2.75) is 6.54 Å². The van der Waals surface area contributed by atoms with E-state index in [0.29, 0.717) is 18.0 Å². The summed E-state index contributed by atoms with van der Waals surface area (Å²) in [6.07, 6.45) is 5.26. The van der Waals surface area contributed by atoms with Gasteiger partial charge in [0, 0.05) is 53.7 Å². The van der Waals surface area contributed by atoms with E-state index < -0.39 is 5.82 Å². The predicted octanol–water partition coefficient (Wildman–Crippen LogP) is 5.79. The maximum atomic E-state index is 13.5. The minimum atomic E-state index is -0.458. The lowest BCUT2D eigenvalue weighted by atomic mass is 10.1. The van der Waals surface area contributed by atoms with Gasteiger partial charge in [-0.15, -0.1) is 0 Å². The second kappa shape index (κ2) is 8.32. The average Bonchev–Trinajstić information content (AvgIpc) is 2.75. The molecule has 7 heteroatoms. The van der Waals surface area contributed by atoms with Crippen LogP contribution in [-0.4, -0.2) is 17.1 Å². The molecule has 2 aromatic heterocycles. The zero-order valence-electron chi connectivity index (χ0n) is 15.6. The summed E-state index contributed by atoms with van der Waals surface area (Å²) in [6.45, 7) is 0.624. The van der Waals surface area contributed by atoms with Gasteiger partial charge in [0.05, 0.1) is 12.1 Å². The molecule has 0 aliphatic carbocycles. The van der Waals surface area contributed by atoms with E-state index in [2.05, 4.69) is 20.6 Å². The number of hydrogen-bond donors (Lipinski definition) is 2. The summed E-state index contributed by atoms with van der Waals surface area (Å²) < 4.78 is 19.0. The number of benzene rings is 2. The van der Waals surface area contributed by atoms with Gasteiger partial charge in [-0.05, 0) is 42.0 Å². The van der Waals surface area contributed by atoms with Gasteiger partial charge in [0.1, 0.15) is 17.1 Å². The minimum Gasteiger partial charge on any atom is -0.494 e. The summed E-state index contributed by atoms with van der Waals surface area (Å²) in [7, 11) is 1.61. The van der Waals surface area contributed by atoms with Crippen LogP contribution in [0.1, 0.15) is 5.56 Å². The first kappa shape index (κ1) is 19.0. The zero-order chi connectivity index (χ0) is 20.2. The van der Waals surface area contributed by atoms with E-state index >= 15 is 0 Å². The third-order valence-corrected chi connectivity index (χ3v) is 4.74. The third kappa shape index (κ3) is 4.22. The van der Waals surface area contributed by atoms with Crippen LogP contribution in [0, 0.1) is 5.82 Å². The smallest absolute Gasteiger partial charge is 0.147 e. The summed E-state index contributed by atoms with van der Waals surface area (Å²) in [5.41, 5.74) is 4.15. The van der Waals surface area contributed by atoms with E-state index in [-0.39, 0.29) is 5.02 Å². The lowest BCUT2D eigenvalue weighted by Crippen LogP contribution is -2.01. The van der Waals surface area contributed by atoms with E-state index in [1.807, 2.05) is 36.5 Å². The van der Waals surface area contributed by atoms with Gasteiger partial charge in [-0.25, -0.2) is 4.39 Å². The molecule has 0 aliphatic heterocycles. The first-order chi connectivity index (χ1) is 14.1. The standard InChI is InChI=1S/C22H18ClFN4O/c1-29-21-11-16(27-13-14-3-2-7-25-12-14)9-17-20(6-8-26-22(17)21)28-15-4-5-19(24)18(23)10-15/h2-12,27H,13H2,1H3,(H,26,28). The Bertz CT molecular complexity index is 1150. The molecule has 0 bridgehead atoms. The van der Waals surface area contributed by atoms with Gasteiger partial charge >= 0.3 is 0 Å². The molecule has 0 spiro atoms. The van der Waals surface area contributed by atoms with Crippen molar-refractivity contribution >= 4 is 39.6 Å². The Morgan fingerprint density at radius 1 is 1.07 bits per heavy atom. The second-order valence-electron chi connectivity index (χ2n) is 6.40. The van der Waals surface area contributed by atoms with Crippen LogP contribution in [0.25, 0.3) is 10.9 Å². The number of hydrogen-bond acceptors (Lipinski definition) is 5. The van der Waals surface area contributed by atoms with Gasteiger partial charge in [-0.1, -0.05) is 17.7 Å². The summed E-state index contributed by atoms with van der Waals surface area (Å²) >= 11 is 5.91. The molecule has 0 saturated heterocycles. The van der Waals surface area contributed by atoms with Crippen molar-refractivity contribution < 1.29 is 9.13 Å². The van der Waals surface area contributed by atoms with Crippen molar-refractivity contribution in [1.29, 1.82) is 0 Å². The van der Waals surface area contributed by atoms with Crippen LogP contribution in [0.3, 0.4) is 0 Å². The van der Waals surface area contributed by atoms with Gasteiger partial charge in [0.2, 0.25) is 0 Å². The van der Waals surface area contributed by atoms with E-state index in [1.165, 1.54) is 6.07 Å². The fourth-order valence-corrected chi connectivity index (χ4v) is 3.21. The second-order valence-corrected chi connectivity index (χ2v) is 6.81. The number of halogens is 2. The highest BCUT2D eigenvalue weighted by Crippen LogP contribution is 2.34. The summed E-state index contributed by atoms with van der Waals surface area (Å²) in [4.78, 5) is 8.59. The van der Waals surface area contributed by atoms with Crippen LogP contribution in [0.4, 0.5) is 21.5 Å². The summed E-state index contributed by atoms with van der Waals surface area (Å²) in [6, 6.07) is 14.2. The largest absolute Gasteiger partial charge is 0.494 e. The topological polar surface area (TPSA) is 59.1 Å². The summed E-state index contributed by atoms with van der Waals surface area (Å²) in [5, 5.41) is 7.59. The first-order valence-electron chi connectivity index (χ1n) is 8.95. The number of nitrogens with zero attached hydrogens (tertiary/aromatic N) is 2. The molecule has 0 saturated carbocycles. The van der Waals surface area contributed by atoms with E-state index in [0.717, 1.165) is 27.8 Å². The Balaban J connectivity index is 1.70. The molecule has 0 radical (unpaired) electrons. The number of ether oxygens (including phenoxy) is 1. The molecule has 0 atom stereocenters. The monoisotopic (exact) mass is 408 g/mol. The van der Waals surface area contributed by atoms with Gasteiger partial charge in [-0.2, -0.15) is 0 Å². The van der Waals surface area contributed by atoms with Crippen LogP contribution in [0.5, 0.6) is 5.75 Å². The number of anilines is 3. The molecule has 146 valence electrons. The number of methoxy groups -OCH3 is 1. The molecule has 0 aliphatic rings. The number of fused-ring (bicyclic) bond motifs is 1. The zero-order valence-corrected chi connectivity index (χ0v) is 16.4. The molecule has 4 aromatic rings. The van der Waals surface area contributed by atoms with E-state index in [4.69, 9.17) is 16.3 Å². The lowest BCUT2D eigenvalue weighted by molar-refractivity contribution is 0.419. The van der Waals surface area contributed by atoms with Crippen molar-refractivity contribution in [3.8, 4) is 5.75 Å². The number of aromatic nitrogens is 2. The maximum absolute atomic E-state index is 13.5. The van der Waals surface area contributed by atoms with E-state index in [9.17, 15) is 4.39 Å². The van der Waals surface area contributed by atoms with Crippen LogP contribution < -0.4 is 15.4 Å². The fraction of sp³-hybridized carbons (Fsp3) is 0.0909. The van der Waals surface area contributed by atoms with Gasteiger partial charge in [0.25, 0.3) is 0 Å². The quantitative estimate of drug-likeness (QED) is 0.423. The molecular weight excluding hydrogens is 391 g/mol. The van der Waals surface area contributed by atoms with Gasteiger partial charge in [-0.3, -0.25) is 9.97 Å². The molecule has 0 unspecified atom stereocenters. The van der Waals surface area contributed by atoms with E-state index in [1.54, 1.807) is 31.6 Å². The Kier molecular flexibility index (Phi) is 5.44. The fourth-order valence-electron chi connectivity index (χ4n) is 3.03. The molecule has 2 heterocycles. The molecule has 4 rings (SSSR count). The highest BCUT2D eigenvalue weighted by Gasteiger charge is 2.11. The molecule has 0 fully saturated rings. The van der Waals surface area contributed by atoms with Gasteiger partial charge < -0.3 is 15.4 Å². The molecule has 2 N–H and O–H groups in total. The van der Waals surface area contributed by atoms with Gasteiger partial charge in [0.15, 0.2) is 0 Å². The van der Waals surface area contributed by atoms with Crippen LogP contribution >= 0.6 is 11.6 Å². The summed E-state index contributed by atoms with van der Waals surface area (Å²) in [5.74, 6) is 0.192. The molecular formula is C22H18ClFN4O. The molecule has 0 amide bonds. The third-order valence-electron chi connectivity index (χ3n) is 4.45. The Morgan fingerprint density at radius 3 is 2.72 bits per heavy atom. The highest BCUT2D eigenvalue weighted by atomic mass is 35.5. The molecule has 29 heavy (non-hydrogen) atoms. The Hall–Kier alpha value is -3.38. The van der Waals surface area contributed by atoms with Crippen LogP contribution in [-0.2, 0) is 6.54 Å². The minimum absolute atomic E-state index is 0.0600. The van der Waals surface area contributed by atoms with Crippen molar-refractivity contribution in [1.82, 2.24) is 9.97 Å². The number of nitrogens with one attached hydrogen (secondary N) is 2. The average molecular weight is 409 g/mol. The molecule has 5 nitrogen and oxygen atoms in total. The van der Waals surface area contributed by atoms with Crippen molar-refractivity contribution in [2.75, 3.05) is 17.7 Å². The lowest BCUT2D eigenvalue weighted by Gasteiger charge is -2.14. The highest BCUT2D eigenvalue weighted by molar-refractivity contribution is 6.31. The van der Waals surface area contributed by atoms with Crippen LogP contribution in [0.2, 0.25) is 5.02 Å². The normalized spacial score (nSPS) is 10.7. The number of rotatable bonds is 6. The Labute approximate surface area is 172 Å².